The van der Waals surface area contributed by atoms with Gasteiger partial charge in [-0.25, -0.2) is 0 Å². The summed E-state index contributed by atoms with van der Waals surface area (Å²) in [5, 5.41) is 7.48. The Morgan fingerprint density at radius 3 is 2.91 bits per heavy atom. The summed E-state index contributed by atoms with van der Waals surface area (Å²) in [4.78, 5) is 12.4. The number of allylic oxidation sites excluding steroid dienone is 1. The van der Waals surface area contributed by atoms with Crippen LogP contribution < -0.4 is 5.32 Å². The van der Waals surface area contributed by atoms with E-state index in [-0.39, 0.29) is 23.7 Å². The summed E-state index contributed by atoms with van der Waals surface area (Å²) in [7, 11) is 1.76. The minimum absolute atomic E-state index is 0.0770. The van der Waals surface area contributed by atoms with Gasteiger partial charge in [-0.1, -0.05) is 23.3 Å². The van der Waals surface area contributed by atoms with Crippen molar-refractivity contribution in [2.45, 2.75) is 39.3 Å². The van der Waals surface area contributed by atoms with Crippen LogP contribution in [0.3, 0.4) is 0 Å². The third kappa shape index (κ3) is 4.56. The Labute approximate surface area is 141 Å². The highest BCUT2D eigenvalue weighted by molar-refractivity contribution is 6.34. The van der Waals surface area contributed by atoms with Crippen LogP contribution >= 0.6 is 11.6 Å². The van der Waals surface area contributed by atoms with Crippen molar-refractivity contribution in [3.8, 4) is 0 Å². The molecule has 1 amide bonds. The molecule has 2 atom stereocenters. The maximum atomic E-state index is 12.4. The summed E-state index contributed by atoms with van der Waals surface area (Å²) >= 11 is 6.17. The fourth-order valence-corrected chi connectivity index (χ4v) is 2.60. The molecule has 1 saturated heterocycles. The van der Waals surface area contributed by atoms with Crippen LogP contribution in [-0.4, -0.2) is 47.7 Å². The molecule has 2 rings (SSSR count). The van der Waals surface area contributed by atoms with Crippen LogP contribution in [0, 0.1) is 6.92 Å². The molecule has 0 saturated carbocycles. The predicted molar refractivity (Wildman–Crippen MR) is 88.8 cm³/mol. The third-order valence-corrected chi connectivity index (χ3v) is 4.34. The maximum absolute atomic E-state index is 12.4. The molecule has 6 nitrogen and oxygen atoms in total. The summed E-state index contributed by atoms with van der Waals surface area (Å²) in [5.41, 5.74) is 2.20. The molecular formula is C16H24ClN3O3. The van der Waals surface area contributed by atoms with Gasteiger partial charge in [-0.3, -0.25) is 9.48 Å². The first-order valence-electron chi connectivity index (χ1n) is 7.72. The SMILES string of the molecule is CC(C)=CCO[C@H]1CCOC[C@H]1NC(=O)c1nn(C)c(C)c1Cl. The van der Waals surface area contributed by atoms with E-state index in [1.165, 1.54) is 5.57 Å². The Morgan fingerprint density at radius 1 is 1.57 bits per heavy atom. The third-order valence-electron chi connectivity index (χ3n) is 3.89. The van der Waals surface area contributed by atoms with E-state index in [9.17, 15) is 4.79 Å². The van der Waals surface area contributed by atoms with E-state index in [2.05, 4.69) is 10.4 Å². The van der Waals surface area contributed by atoms with Gasteiger partial charge in [0.25, 0.3) is 5.91 Å². The van der Waals surface area contributed by atoms with Gasteiger partial charge in [0.05, 0.1) is 36.1 Å². The summed E-state index contributed by atoms with van der Waals surface area (Å²) in [6, 6.07) is -0.208. The van der Waals surface area contributed by atoms with Crippen LogP contribution in [0.1, 0.15) is 36.5 Å². The number of aromatic nitrogens is 2. The van der Waals surface area contributed by atoms with Crippen molar-refractivity contribution in [2.75, 3.05) is 19.8 Å². The molecule has 23 heavy (non-hydrogen) atoms. The van der Waals surface area contributed by atoms with Gasteiger partial charge in [0.1, 0.15) is 0 Å². The number of carbonyl (C=O) groups is 1. The zero-order valence-electron chi connectivity index (χ0n) is 14.1. The minimum atomic E-state index is -0.301. The molecule has 0 bridgehead atoms. The van der Waals surface area contributed by atoms with Crippen molar-refractivity contribution in [1.29, 1.82) is 0 Å². The highest BCUT2D eigenvalue weighted by Crippen LogP contribution is 2.20. The highest BCUT2D eigenvalue weighted by atomic mass is 35.5. The van der Waals surface area contributed by atoms with E-state index < -0.39 is 0 Å². The van der Waals surface area contributed by atoms with Crippen LogP contribution in [0.4, 0.5) is 0 Å². The number of hydrogen-bond donors (Lipinski definition) is 1. The number of nitrogens with zero attached hydrogens (tertiary/aromatic N) is 2. The number of aryl methyl sites for hydroxylation is 1. The molecule has 0 spiro atoms. The smallest absolute Gasteiger partial charge is 0.273 e. The van der Waals surface area contributed by atoms with Crippen molar-refractivity contribution in [3.05, 3.63) is 28.1 Å². The molecule has 0 aliphatic carbocycles. The first kappa shape index (κ1) is 18.0. The summed E-state index contributed by atoms with van der Waals surface area (Å²) < 4.78 is 12.9. The molecule has 1 aromatic heterocycles. The van der Waals surface area contributed by atoms with Gasteiger partial charge in [-0.2, -0.15) is 5.10 Å². The van der Waals surface area contributed by atoms with Crippen LogP contribution in [0.5, 0.6) is 0 Å². The van der Waals surface area contributed by atoms with Crippen LogP contribution in [-0.2, 0) is 16.5 Å². The lowest BCUT2D eigenvalue weighted by molar-refractivity contribution is -0.0457. The van der Waals surface area contributed by atoms with Gasteiger partial charge >= 0.3 is 0 Å². The maximum Gasteiger partial charge on any atom is 0.273 e. The average Bonchev–Trinajstić information content (AvgIpc) is 2.76. The van der Waals surface area contributed by atoms with E-state index in [4.69, 9.17) is 21.1 Å². The number of amides is 1. The van der Waals surface area contributed by atoms with E-state index in [0.717, 1.165) is 12.1 Å². The molecule has 1 aromatic rings. The number of rotatable bonds is 5. The number of nitrogens with one attached hydrogen (secondary N) is 1. The molecule has 1 fully saturated rings. The van der Waals surface area contributed by atoms with Gasteiger partial charge in [-0.05, 0) is 27.2 Å². The lowest BCUT2D eigenvalue weighted by atomic mass is 10.1. The Kier molecular flexibility index (Phi) is 6.21. The van der Waals surface area contributed by atoms with Crippen molar-refractivity contribution in [3.63, 3.8) is 0 Å². The zero-order valence-corrected chi connectivity index (χ0v) is 14.8. The normalized spacial score (nSPS) is 21.1. The second kappa shape index (κ2) is 7.95. The van der Waals surface area contributed by atoms with Crippen LogP contribution in [0.15, 0.2) is 11.6 Å². The van der Waals surface area contributed by atoms with Crippen molar-refractivity contribution in [2.24, 2.45) is 7.05 Å². The van der Waals surface area contributed by atoms with E-state index in [0.29, 0.717) is 24.8 Å². The molecule has 0 unspecified atom stereocenters. The second-order valence-electron chi connectivity index (χ2n) is 5.97. The number of halogens is 1. The van der Waals surface area contributed by atoms with Crippen molar-refractivity contribution >= 4 is 17.5 Å². The minimum Gasteiger partial charge on any atom is -0.379 e. The molecule has 1 aliphatic rings. The molecule has 1 aliphatic heterocycles. The fourth-order valence-electron chi connectivity index (χ4n) is 2.35. The number of carbonyl (C=O) groups excluding carboxylic acids is 1. The second-order valence-corrected chi connectivity index (χ2v) is 6.35. The van der Waals surface area contributed by atoms with Gasteiger partial charge in [0, 0.05) is 13.7 Å². The zero-order chi connectivity index (χ0) is 17.0. The van der Waals surface area contributed by atoms with Gasteiger partial charge in [-0.15, -0.1) is 0 Å². The largest absolute Gasteiger partial charge is 0.379 e. The van der Waals surface area contributed by atoms with Gasteiger partial charge in [0.15, 0.2) is 5.69 Å². The topological polar surface area (TPSA) is 65.4 Å². The first-order chi connectivity index (χ1) is 10.9. The number of hydrogen-bond acceptors (Lipinski definition) is 4. The van der Waals surface area contributed by atoms with Gasteiger partial charge < -0.3 is 14.8 Å². The molecule has 7 heteroatoms. The molecule has 128 valence electrons. The molecule has 1 N–H and O–H groups in total. The molecule has 0 radical (unpaired) electrons. The predicted octanol–water partition coefficient (Wildman–Crippen LogP) is 2.25. The standard InChI is InChI=1S/C16H24ClN3O3/c1-10(2)5-8-23-13-6-7-22-9-12(13)18-16(21)15-14(17)11(3)20(4)19-15/h5,12-13H,6-9H2,1-4H3,(H,18,21)/t12-,13+/m1/s1. The summed E-state index contributed by atoms with van der Waals surface area (Å²) in [6.45, 7) is 7.46. The Bertz CT molecular complexity index is 594. The van der Waals surface area contributed by atoms with Gasteiger partial charge in [0.2, 0.25) is 0 Å². The first-order valence-corrected chi connectivity index (χ1v) is 8.10. The Balaban J connectivity index is 2.01. The van der Waals surface area contributed by atoms with Crippen LogP contribution in [0.2, 0.25) is 5.02 Å². The summed E-state index contributed by atoms with van der Waals surface area (Å²) in [5.74, 6) is -0.301. The molecular weight excluding hydrogens is 318 g/mol. The lowest BCUT2D eigenvalue weighted by Crippen LogP contribution is -2.50. The van der Waals surface area contributed by atoms with Crippen molar-refractivity contribution in [1.82, 2.24) is 15.1 Å². The monoisotopic (exact) mass is 341 g/mol. The highest BCUT2D eigenvalue weighted by Gasteiger charge is 2.29. The number of ether oxygens (including phenoxy) is 2. The fraction of sp³-hybridized carbons (Fsp3) is 0.625. The van der Waals surface area contributed by atoms with E-state index in [1.807, 2.05) is 26.8 Å². The summed E-state index contributed by atoms with van der Waals surface area (Å²) in [6.07, 6.45) is 2.69. The van der Waals surface area contributed by atoms with Crippen molar-refractivity contribution < 1.29 is 14.3 Å². The average molecular weight is 342 g/mol. The molecule has 0 aromatic carbocycles. The van der Waals surface area contributed by atoms with E-state index >= 15 is 0 Å². The lowest BCUT2D eigenvalue weighted by Gasteiger charge is -2.31. The van der Waals surface area contributed by atoms with Crippen LogP contribution in [0.25, 0.3) is 0 Å². The molecule has 2 heterocycles. The Hall–Kier alpha value is -1.37. The van der Waals surface area contributed by atoms with E-state index in [1.54, 1.807) is 11.7 Å². The quantitative estimate of drug-likeness (QED) is 0.834. The Morgan fingerprint density at radius 2 is 2.30 bits per heavy atom.